The van der Waals surface area contributed by atoms with E-state index >= 15 is 0 Å². The first-order chi connectivity index (χ1) is 6.06. The number of rotatable bonds is 1. The van der Waals surface area contributed by atoms with Crippen LogP contribution in [0.5, 0.6) is 0 Å². The highest BCUT2D eigenvalue weighted by molar-refractivity contribution is 5.80. The smallest absolute Gasteiger partial charge is 0.324 e. The van der Waals surface area contributed by atoms with Gasteiger partial charge in [-0.25, -0.2) is 4.39 Å². The first-order valence-corrected chi connectivity index (χ1v) is 4.70. The third-order valence-corrected chi connectivity index (χ3v) is 3.41. The SMILES string of the molecule is CC1CC[C@@]2(C(=O)O)C[C@@H](F)CN12. The van der Waals surface area contributed by atoms with E-state index in [0.717, 1.165) is 6.42 Å². The maximum absolute atomic E-state index is 13.1. The molecule has 0 radical (unpaired) electrons. The van der Waals surface area contributed by atoms with Gasteiger partial charge in [-0.05, 0) is 19.8 Å². The first-order valence-electron chi connectivity index (χ1n) is 4.70. The zero-order valence-corrected chi connectivity index (χ0v) is 7.66. The van der Waals surface area contributed by atoms with Gasteiger partial charge in [-0.15, -0.1) is 0 Å². The Balaban J connectivity index is 2.29. The number of alkyl halides is 1. The van der Waals surface area contributed by atoms with Gasteiger partial charge in [0.15, 0.2) is 0 Å². The summed E-state index contributed by atoms with van der Waals surface area (Å²) in [5.74, 6) is -0.850. The van der Waals surface area contributed by atoms with Crippen molar-refractivity contribution < 1.29 is 14.3 Å². The summed E-state index contributed by atoms with van der Waals surface area (Å²) < 4.78 is 13.1. The van der Waals surface area contributed by atoms with E-state index in [9.17, 15) is 9.18 Å². The summed E-state index contributed by atoms with van der Waals surface area (Å²) in [5, 5.41) is 9.10. The number of hydrogen-bond acceptors (Lipinski definition) is 2. The second-order valence-corrected chi connectivity index (χ2v) is 4.18. The maximum Gasteiger partial charge on any atom is 0.324 e. The second-order valence-electron chi connectivity index (χ2n) is 4.18. The number of carbonyl (C=O) groups is 1. The van der Waals surface area contributed by atoms with Crippen LogP contribution in [-0.4, -0.2) is 40.3 Å². The van der Waals surface area contributed by atoms with Crippen LogP contribution in [0, 0.1) is 0 Å². The molecule has 1 N–H and O–H groups in total. The molecule has 0 amide bonds. The van der Waals surface area contributed by atoms with Crippen molar-refractivity contribution in [2.24, 2.45) is 0 Å². The molecule has 0 spiro atoms. The summed E-state index contributed by atoms with van der Waals surface area (Å²) >= 11 is 0. The zero-order valence-electron chi connectivity index (χ0n) is 7.66. The first kappa shape index (κ1) is 8.94. The van der Waals surface area contributed by atoms with Crippen LogP contribution in [0.25, 0.3) is 0 Å². The predicted octanol–water partition coefficient (Wildman–Crippen LogP) is 1.04. The largest absolute Gasteiger partial charge is 0.480 e. The van der Waals surface area contributed by atoms with E-state index in [1.54, 1.807) is 0 Å². The highest BCUT2D eigenvalue weighted by Gasteiger charge is 2.56. The molecule has 2 fully saturated rings. The second kappa shape index (κ2) is 2.67. The summed E-state index contributed by atoms with van der Waals surface area (Å²) in [6.07, 6.45) is 0.689. The molecule has 3 atom stereocenters. The van der Waals surface area contributed by atoms with Gasteiger partial charge in [-0.2, -0.15) is 0 Å². The molecule has 0 aromatic heterocycles. The highest BCUT2D eigenvalue weighted by atomic mass is 19.1. The van der Waals surface area contributed by atoms with Gasteiger partial charge in [0.2, 0.25) is 0 Å². The molecule has 2 saturated heterocycles. The third-order valence-electron chi connectivity index (χ3n) is 3.41. The third kappa shape index (κ3) is 1.08. The fourth-order valence-corrected chi connectivity index (χ4v) is 2.70. The number of carboxylic acid groups (broad SMARTS) is 1. The van der Waals surface area contributed by atoms with Crippen molar-refractivity contribution in [3.05, 3.63) is 0 Å². The summed E-state index contributed by atoms with van der Waals surface area (Å²) in [6.45, 7) is 2.27. The van der Waals surface area contributed by atoms with E-state index in [4.69, 9.17) is 5.11 Å². The van der Waals surface area contributed by atoms with Crippen LogP contribution in [0.2, 0.25) is 0 Å². The van der Waals surface area contributed by atoms with Gasteiger partial charge in [-0.1, -0.05) is 0 Å². The van der Waals surface area contributed by atoms with Crippen molar-refractivity contribution in [1.29, 1.82) is 0 Å². The van der Waals surface area contributed by atoms with Crippen LogP contribution in [0.4, 0.5) is 4.39 Å². The molecule has 2 aliphatic rings. The molecule has 13 heavy (non-hydrogen) atoms. The minimum Gasteiger partial charge on any atom is -0.480 e. The summed E-state index contributed by atoms with van der Waals surface area (Å²) in [6, 6.07) is 0.219. The molecular formula is C9H14FNO2. The van der Waals surface area contributed by atoms with Crippen LogP contribution in [0.3, 0.4) is 0 Å². The van der Waals surface area contributed by atoms with Gasteiger partial charge < -0.3 is 5.11 Å². The van der Waals surface area contributed by atoms with Crippen molar-refractivity contribution in [2.45, 2.75) is 43.9 Å². The van der Waals surface area contributed by atoms with E-state index in [0.29, 0.717) is 13.0 Å². The van der Waals surface area contributed by atoms with Gasteiger partial charge in [0.1, 0.15) is 11.7 Å². The van der Waals surface area contributed by atoms with Crippen LogP contribution in [0.15, 0.2) is 0 Å². The standard InChI is InChI=1S/C9H14FNO2/c1-6-2-3-9(8(12)13)4-7(10)5-11(6)9/h6-7H,2-5H2,1H3,(H,12,13)/t6?,7-,9+/m1/s1. The van der Waals surface area contributed by atoms with Gasteiger partial charge in [-0.3, -0.25) is 9.69 Å². The van der Waals surface area contributed by atoms with Crippen molar-refractivity contribution in [1.82, 2.24) is 4.90 Å². The lowest BCUT2D eigenvalue weighted by Crippen LogP contribution is -2.47. The number of aliphatic carboxylic acids is 1. The van der Waals surface area contributed by atoms with Gasteiger partial charge in [0.25, 0.3) is 0 Å². The minimum atomic E-state index is -0.959. The molecular weight excluding hydrogens is 173 g/mol. The summed E-state index contributed by atoms with van der Waals surface area (Å²) in [5.41, 5.74) is -0.876. The van der Waals surface area contributed by atoms with Crippen LogP contribution in [0.1, 0.15) is 26.2 Å². The molecule has 4 heteroatoms. The summed E-state index contributed by atoms with van der Waals surface area (Å²) in [4.78, 5) is 12.9. The summed E-state index contributed by atoms with van der Waals surface area (Å²) in [7, 11) is 0. The number of carboxylic acids is 1. The van der Waals surface area contributed by atoms with Crippen LogP contribution < -0.4 is 0 Å². The van der Waals surface area contributed by atoms with E-state index in [1.807, 2.05) is 11.8 Å². The van der Waals surface area contributed by atoms with Gasteiger partial charge in [0.05, 0.1) is 0 Å². The Morgan fingerprint density at radius 2 is 2.38 bits per heavy atom. The maximum atomic E-state index is 13.1. The van der Waals surface area contributed by atoms with Crippen molar-refractivity contribution in [2.75, 3.05) is 6.54 Å². The molecule has 0 saturated carbocycles. The molecule has 2 aliphatic heterocycles. The monoisotopic (exact) mass is 187 g/mol. The van der Waals surface area contributed by atoms with E-state index < -0.39 is 17.7 Å². The van der Waals surface area contributed by atoms with Crippen molar-refractivity contribution in [3.8, 4) is 0 Å². The number of fused-ring (bicyclic) bond motifs is 1. The Morgan fingerprint density at radius 1 is 1.69 bits per heavy atom. The highest BCUT2D eigenvalue weighted by Crippen LogP contribution is 2.43. The van der Waals surface area contributed by atoms with Crippen molar-refractivity contribution in [3.63, 3.8) is 0 Å². The Bertz CT molecular complexity index is 246. The molecule has 74 valence electrons. The lowest BCUT2D eigenvalue weighted by Gasteiger charge is -2.28. The number of hydrogen-bond donors (Lipinski definition) is 1. The lowest BCUT2D eigenvalue weighted by molar-refractivity contribution is -0.148. The van der Waals surface area contributed by atoms with Crippen LogP contribution in [-0.2, 0) is 4.79 Å². The minimum absolute atomic E-state index is 0.173. The van der Waals surface area contributed by atoms with Gasteiger partial charge in [0, 0.05) is 19.0 Å². The molecule has 2 heterocycles. The zero-order chi connectivity index (χ0) is 9.64. The Morgan fingerprint density at radius 3 is 2.92 bits per heavy atom. The van der Waals surface area contributed by atoms with Crippen molar-refractivity contribution >= 4 is 5.97 Å². The molecule has 0 aliphatic carbocycles. The lowest BCUT2D eigenvalue weighted by atomic mass is 9.94. The average molecular weight is 187 g/mol. The molecule has 1 unspecified atom stereocenters. The number of halogens is 1. The Labute approximate surface area is 76.5 Å². The molecule has 0 bridgehead atoms. The van der Waals surface area contributed by atoms with E-state index in [-0.39, 0.29) is 12.5 Å². The Kier molecular flexibility index (Phi) is 1.84. The molecule has 2 rings (SSSR count). The molecule has 0 aromatic carbocycles. The normalized spacial score (nSPS) is 45.1. The quantitative estimate of drug-likeness (QED) is 0.666. The van der Waals surface area contributed by atoms with Crippen LogP contribution >= 0.6 is 0 Å². The Hall–Kier alpha value is -0.640. The van der Waals surface area contributed by atoms with E-state index in [1.165, 1.54) is 0 Å². The van der Waals surface area contributed by atoms with E-state index in [2.05, 4.69) is 0 Å². The number of nitrogens with zero attached hydrogens (tertiary/aromatic N) is 1. The fraction of sp³-hybridized carbons (Fsp3) is 0.889. The van der Waals surface area contributed by atoms with Gasteiger partial charge >= 0.3 is 5.97 Å². The average Bonchev–Trinajstić information content (AvgIpc) is 2.51. The predicted molar refractivity (Wildman–Crippen MR) is 45.3 cm³/mol. The fourth-order valence-electron chi connectivity index (χ4n) is 2.70. The molecule has 0 aromatic rings. The molecule has 3 nitrogen and oxygen atoms in total. The topological polar surface area (TPSA) is 40.5 Å².